The minimum absolute atomic E-state index is 0.0126. The minimum Gasteiger partial charge on any atom is -0.493 e. The number of carbonyl (C=O) groups is 1. The number of amides is 1. The first-order valence-electron chi connectivity index (χ1n) is 11.0. The van der Waals surface area contributed by atoms with E-state index in [1.54, 1.807) is 7.11 Å². The zero-order chi connectivity index (χ0) is 22.7. The Kier molecular flexibility index (Phi) is 6.77. The number of fused-ring (bicyclic) bond motifs is 3. The zero-order valence-corrected chi connectivity index (χ0v) is 18.8. The van der Waals surface area contributed by atoms with Crippen LogP contribution in [-0.2, 0) is 9.53 Å². The summed E-state index contributed by atoms with van der Waals surface area (Å²) in [5.74, 6) is 1.33. The van der Waals surface area contributed by atoms with Gasteiger partial charge in [-0.05, 0) is 56.0 Å². The van der Waals surface area contributed by atoms with Crippen LogP contribution >= 0.6 is 0 Å². The number of aliphatic imine (C=N–C) groups is 1. The van der Waals surface area contributed by atoms with Crippen molar-refractivity contribution in [2.75, 3.05) is 32.8 Å². The van der Waals surface area contributed by atoms with Gasteiger partial charge < -0.3 is 24.6 Å². The topological polar surface area (TPSA) is 89.4 Å². The molecule has 0 spiro atoms. The van der Waals surface area contributed by atoms with Crippen molar-refractivity contribution >= 4 is 17.3 Å². The number of benzene rings is 2. The monoisotopic (exact) mass is 438 g/mol. The van der Waals surface area contributed by atoms with Crippen molar-refractivity contribution in [3.8, 4) is 11.5 Å². The van der Waals surface area contributed by atoms with Crippen molar-refractivity contribution in [3.63, 3.8) is 0 Å². The van der Waals surface area contributed by atoms with Gasteiger partial charge in [0.1, 0.15) is 6.61 Å². The molecule has 32 heavy (non-hydrogen) atoms. The summed E-state index contributed by atoms with van der Waals surface area (Å²) in [6.07, 6.45) is 1.98. The van der Waals surface area contributed by atoms with E-state index in [2.05, 4.69) is 11.4 Å². The van der Waals surface area contributed by atoms with E-state index in [9.17, 15) is 9.90 Å². The van der Waals surface area contributed by atoms with E-state index < -0.39 is 0 Å². The minimum atomic E-state index is -0.312. The van der Waals surface area contributed by atoms with Gasteiger partial charge in [0.15, 0.2) is 11.5 Å². The number of anilines is 1. The Morgan fingerprint density at radius 2 is 1.94 bits per heavy atom. The number of nitrogens with one attached hydrogen (secondary N) is 1. The third-order valence-corrected chi connectivity index (χ3v) is 6.09. The van der Waals surface area contributed by atoms with Crippen molar-refractivity contribution in [3.05, 3.63) is 53.1 Å². The summed E-state index contributed by atoms with van der Waals surface area (Å²) >= 11 is 0. The lowest BCUT2D eigenvalue weighted by atomic mass is 9.74. The predicted octanol–water partition coefficient (Wildman–Crippen LogP) is 3.53. The molecule has 7 heteroatoms. The molecule has 2 aromatic carbocycles. The first kappa shape index (κ1) is 22.3. The van der Waals surface area contributed by atoms with Crippen LogP contribution < -0.4 is 14.8 Å². The average molecular weight is 439 g/mol. The van der Waals surface area contributed by atoms with Gasteiger partial charge in [0, 0.05) is 29.8 Å². The summed E-state index contributed by atoms with van der Waals surface area (Å²) < 4.78 is 16.3. The molecule has 1 heterocycles. The van der Waals surface area contributed by atoms with E-state index in [1.807, 2.05) is 37.3 Å². The Labute approximate surface area is 188 Å². The van der Waals surface area contributed by atoms with E-state index in [4.69, 9.17) is 19.2 Å². The molecule has 0 aromatic heterocycles. The Hall–Kier alpha value is -2.90. The summed E-state index contributed by atoms with van der Waals surface area (Å²) in [5, 5.41) is 13.1. The predicted molar refractivity (Wildman–Crippen MR) is 123 cm³/mol. The fourth-order valence-electron chi connectivity index (χ4n) is 4.64. The van der Waals surface area contributed by atoms with Gasteiger partial charge in [0.25, 0.3) is 0 Å². The Bertz CT molecular complexity index is 1000. The summed E-state index contributed by atoms with van der Waals surface area (Å²) in [6, 6.07) is 11.8. The highest BCUT2D eigenvalue weighted by Gasteiger charge is 2.37. The van der Waals surface area contributed by atoms with Crippen LogP contribution in [0.4, 0.5) is 5.69 Å². The summed E-state index contributed by atoms with van der Waals surface area (Å²) in [6.45, 7) is 2.51. The number of nitrogens with zero attached hydrogens (tertiary/aromatic N) is 1. The summed E-state index contributed by atoms with van der Waals surface area (Å²) in [5.41, 5.74) is 4.70. The fourth-order valence-corrected chi connectivity index (χ4v) is 4.64. The molecule has 2 aromatic rings. The number of hydrogen-bond donors (Lipinski definition) is 2. The van der Waals surface area contributed by atoms with Gasteiger partial charge in [-0.15, -0.1) is 0 Å². The van der Waals surface area contributed by atoms with E-state index in [-0.39, 0.29) is 30.6 Å². The van der Waals surface area contributed by atoms with Gasteiger partial charge >= 0.3 is 0 Å². The molecule has 7 nitrogen and oxygen atoms in total. The van der Waals surface area contributed by atoms with Crippen molar-refractivity contribution in [1.82, 2.24) is 0 Å². The molecule has 1 amide bonds. The van der Waals surface area contributed by atoms with E-state index in [0.717, 1.165) is 35.2 Å². The zero-order valence-electron chi connectivity index (χ0n) is 18.8. The van der Waals surface area contributed by atoms with Gasteiger partial charge in [0.2, 0.25) is 5.91 Å². The van der Waals surface area contributed by atoms with Crippen molar-refractivity contribution in [2.45, 2.75) is 44.2 Å². The van der Waals surface area contributed by atoms with Crippen molar-refractivity contribution in [2.24, 2.45) is 4.99 Å². The highest BCUT2D eigenvalue weighted by Crippen LogP contribution is 2.45. The molecule has 4 rings (SSSR count). The number of ether oxygens (including phenoxy) is 3. The summed E-state index contributed by atoms with van der Waals surface area (Å²) in [4.78, 5) is 16.9. The molecule has 2 N–H and O–H groups in total. The van der Waals surface area contributed by atoms with Crippen LogP contribution in [0.15, 0.2) is 41.4 Å². The molecule has 1 aliphatic carbocycles. The molecule has 0 radical (unpaired) electrons. The molecule has 3 unspecified atom stereocenters. The lowest BCUT2D eigenvalue weighted by Crippen LogP contribution is -2.34. The van der Waals surface area contributed by atoms with Gasteiger partial charge in [0.05, 0.1) is 31.6 Å². The molecular weight excluding hydrogens is 408 g/mol. The standard InChI is InChI=1S/C25H30N2O5/c1-4-32-23-12-18-19-11-17(28)9-10-21(19)27-25(20(18)13-22(23)31-3)15-5-7-16(8-6-15)26-24(29)14-30-2/h5-8,12-13,17,19,21,28H,4,9-11,14H2,1-3H3,(H,26,29). The third kappa shape index (κ3) is 4.49. The van der Waals surface area contributed by atoms with Gasteiger partial charge in [-0.1, -0.05) is 12.1 Å². The van der Waals surface area contributed by atoms with Crippen LogP contribution in [0, 0.1) is 0 Å². The molecule has 1 fully saturated rings. The third-order valence-electron chi connectivity index (χ3n) is 6.09. The van der Waals surface area contributed by atoms with Gasteiger partial charge in [-0.2, -0.15) is 0 Å². The lowest BCUT2D eigenvalue weighted by molar-refractivity contribution is -0.119. The van der Waals surface area contributed by atoms with Crippen LogP contribution in [0.25, 0.3) is 0 Å². The smallest absolute Gasteiger partial charge is 0.250 e. The molecule has 1 saturated carbocycles. The van der Waals surface area contributed by atoms with Crippen LogP contribution in [0.2, 0.25) is 0 Å². The van der Waals surface area contributed by atoms with Crippen LogP contribution in [0.5, 0.6) is 11.5 Å². The SMILES string of the molecule is CCOc1cc2c(cc1OC)C(c1ccc(NC(=O)COC)cc1)=NC1CCC(O)CC21. The molecule has 3 atom stereocenters. The maximum Gasteiger partial charge on any atom is 0.250 e. The van der Waals surface area contributed by atoms with Crippen molar-refractivity contribution in [1.29, 1.82) is 0 Å². The second-order valence-electron chi connectivity index (χ2n) is 8.20. The molecule has 170 valence electrons. The lowest BCUT2D eigenvalue weighted by Gasteiger charge is -2.37. The number of rotatable bonds is 7. The largest absolute Gasteiger partial charge is 0.493 e. The fraction of sp³-hybridized carbons (Fsp3) is 0.440. The van der Waals surface area contributed by atoms with Crippen molar-refractivity contribution < 1.29 is 24.1 Å². The number of methoxy groups -OCH3 is 2. The Morgan fingerprint density at radius 3 is 2.62 bits per heavy atom. The number of aliphatic hydroxyl groups is 1. The first-order chi connectivity index (χ1) is 15.5. The molecule has 0 bridgehead atoms. The van der Waals surface area contributed by atoms with Crippen LogP contribution in [0.3, 0.4) is 0 Å². The number of hydrogen-bond acceptors (Lipinski definition) is 6. The molecule has 0 saturated heterocycles. The highest BCUT2D eigenvalue weighted by atomic mass is 16.5. The molecule has 1 aliphatic heterocycles. The van der Waals surface area contributed by atoms with E-state index in [1.165, 1.54) is 7.11 Å². The molecular formula is C25H30N2O5. The summed E-state index contributed by atoms with van der Waals surface area (Å²) in [7, 11) is 3.12. The normalized spacial score (nSPS) is 21.8. The van der Waals surface area contributed by atoms with E-state index in [0.29, 0.717) is 30.2 Å². The van der Waals surface area contributed by atoms with Gasteiger partial charge in [-0.25, -0.2) is 0 Å². The average Bonchev–Trinajstić information content (AvgIpc) is 2.79. The maximum atomic E-state index is 11.8. The maximum absolute atomic E-state index is 11.8. The number of carbonyl (C=O) groups excluding carboxylic acids is 1. The van der Waals surface area contributed by atoms with Crippen LogP contribution in [-0.4, -0.2) is 56.3 Å². The quantitative estimate of drug-likeness (QED) is 0.690. The molecule has 2 aliphatic rings. The first-order valence-corrected chi connectivity index (χ1v) is 11.0. The Balaban J connectivity index is 1.73. The Morgan fingerprint density at radius 1 is 1.16 bits per heavy atom. The number of aliphatic hydroxyl groups excluding tert-OH is 1. The van der Waals surface area contributed by atoms with Gasteiger partial charge in [-0.3, -0.25) is 9.79 Å². The van der Waals surface area contributed by atoms with E-state index >= 15 is 0 Å². The van der Waals surface area contributed by atoms with Crippen LogP contribution in [0.1, 0.15) is 48.8 Å². The second-order valence-corrected chi connectivity index (χ2v) is 8.20. The second kappa shape index (κ2) is 9.71. The highest BCUT2D eigenvalue weighted by molar-refractivity contribution is 6.15.